The minimum atomic E-state index is -0.894. The number of carbonyl (C=O) groups is 1. The molecule has 0 aliphatic heterocycles. The van der Waals surface area contributed by atoms with Gasteiger partial charge in [-0.15, -0.1) is 12.3 Å². The molecule has 6 heteroatoms. The van der Waals surface area contributed by atoms with Crippen LogP contribution in [0.2, 0.25) is 0 Å². The van der Waals surface area contributed by atoms with Gasteiger partial charge in [0.15, 0.2) is 0 Å². The third-order valence-corrected chi connectivity index (χ3v) is 1.72. The number of nitro benzene ring substituents is 1. The third-order valence-electron chi connectivity index (χ3n) is 1.72. The van der Waals surface area contributed by atoms with Gasteiger partial charge in [0.05, 0.1) is 4.92 Å². The predicted octanol–water partition coefficient (Wildman–Crippen LogP) is 2.13. The van der Waals surface area contributed by atoms with Gasteiger partial charge in [-0.1, -0.05) is 0 Å². The van der Waals surface area contributed by atoms with Crippen LogP contribution in [0.15, 0.2) is 24.3 Å². The van der Waals surface area contributed by atoms with Gasteiger partial charge in [0.2, 0.25) is 0 Å². The molecule has 1 aromatic carbocycles. The average Bonchev–Trinajstić information content (AvgIpc) is 2.30. The number of carbonyl (C=O) groups excluding carboxylic acids is 1. The van der Waals surface area contributed by atoms with E-state index in [1.54, 1.807) is 0 Å². The number of terminal acetylenes is 1. The molecule has 0 saturated heterocycles. The van der Waals surface area contributed by atoms with Crippen molar-refractivity contribution in [3.05, 3.63) is 34.4 Å². The molecule has 0 atom stereocenters. The lowest BCUT2D eigenvalue weighted by Gasteiger charge is -2.03. The fraction of sp³-hybridized carbons (Fsp3) is 0.182. The van der Waals surface area contributed by atoms with E-state index in [0.717, 1.165) is 0 Å². The SMILES string of the molecule is C#CCCOC(=O)Oc1ccc([N+](=O)[O-])cc1. The maximum absolute atomic E-state index is 11.1. The summed E-state index contributed by atoms with van der Waals surface area (Å²) in [4.78, 5) is 20.9. The first kappa shape index (κ1) is 12.5. The Balaban J connectivity index is 2.49. The number of hydrogen-bond donors (Lipinski definition) is 0. The molecule has 0 N–H and O–H groups in total. The van der Waals surface area contributed by atoms with Crippen molar-refractivity contribution >= 4 is 11.8 Å². The summed E-state index contributed by atoms with van der Waals surface area (Å²) in [7, 11) is 0. The number of benzene rings is 1. The van der Waals surface area contributed by atoms with Gasteiger partial charge in [-0.05, 0) is 12.1 Å². The van der Waals surface area contributed by atoms with Crippen LogP contribution in [0.3, 0.4) is 0 Å². The number of nitro groups is 1. The van der Waals surface area contributed by atoms with Crippen molar-refractivity contribution in [2.75, 3.05) is 6.61 Å². The molecular weight excluding hydrogens is 226 g/mol. The highest BCUT2D eigenvalue weighted by Crippen LogP contribution is 2.17. The molecule has 1 rings (SSSR count). The molecular formula is C11H9NO5. The molecule has 6 nitrogen and oxygen atoms in total. The smallest absolute Gasteiger partial charge is 0.433 e. The fourth-order valence-electron chi connectivity index (χ4n) is 0.955. The molecule has 0 bridgehead atoms. The van der Waals surface area contributed by atoms with Crippen LogP contribution in [0.25, 0.3) is 0 Å². The summed E-state index contributed by atoms with van der Waals surface area (Å²) in [6, 6.07) is 5.06. The molecule has 0 aliphatic rings. The standard InChI is InChI=1S/C11H9NO5/c1-2-3-8-16-11(13)17-10-6-4-9(5-7-10)12(14)15/h1,4-7H,3,8H2. The zero-order valence-electron chi connectivity index (χ0n) is 8.79. The molecule has 0 unspecified atom stereocenters. The topological polar surface area (TPSA) is 78.7 Å². The van der Waals surface area contributed by atoms with E-state index in [-0.39, 0.29) is 18.0 Å². The van der Waals surface area contributed by atoms with Crippen molar-refractivity contribution in [3.8, 4) is 18.1 Å². The Kier molecular flexibility index (Phi) is 4.51. The van der Waals surface area contributed by atoms with Crippen LogP contribution in [0.1, 0.15) is 6.42 Å². The quantitative estimate of drug-likeness (QED) is 0.199. The molecule has 0 aromatic heterocycles. The van der Waals surface area contributed by atoms with Gasteiger partial charge in [0, 0.05) is 18.6 Å². The molecule has 0 heterocycles. The number of hydrogen-bond acceptors (Lipinski definition) is 5. The Hall–Kier alpha value is -2.55. The van der Waals surface area contributed by atoms with Gasteiger partial charge in [-0.2, -0.15) is 0 Å². The number of nitrogens with zero attached hydrogens (tertiary/aromatic N) is 1. The number of ether oxygens (including phenoxy) is 2. The zero-order chi connectivity index (χ0) is 12.7. The largest absolute Gasteiger partial charge is 0.513 e. The van der Waals surface area contributed by atoms with Gasteiger partial charge in [0.1, 0.15) is 12.4 Å². The van der Waals surface area contributed by atoms with Crippen LogP contribution in [-0.4, -0.2) is 17.7 Å². The van der Waals surface area contributed by atoms with Crippen LogP contribution >= 0.6 is 0 Å². The molecule has 17 heavy (non-hydrogen) atoms. The van der Waals surface area contributed by atoms with Crippen LogP contribution < -0.4 is 4.74 Å². The Morgan fingerprint density at radius 1 is 1.41 bits per heavy atom. The number of rotatable bonds is 4. The zero-order valence-corrected chi connectivity index (χ0v) is 8.79. The molecule has 88 valence electrons. The van der Waals surface area contributed by atoms with Crippen molar-refractivity contribution in [1.29, 1.82) is 0 Å². The van der Waals surface area contributed by atoms with Crippen molar-refractivity contribution in [2.45, 2.75) is 6.42 Å². The van der Waals surface area contributed by atoms with E-state index < -0.39 is 11.1 Å². The lowest BCUT2D eigenvalue weighted by Crippen LogP contribution is -2.11. The van der Waals surface area contributed by atoms with E-state index in [1.165, 1.54) is 24.3 Å². The highest BCUT2D eigenvalue weighted by molar-refractivity contribution is 5.63. The predicted molar refractivity (Wildman–Crippen MR) is 58.5 cm³/mol. The molecule has 0 fully saturated rings. The molecule has 0 radical (unpaired) electrons. The summed E-state index contributed by atoms with van der Waals surface area (Å²) >= 11 is 0. The Labute approximate surface area is 97.3 Å². The normalized spacial score (nSPS) is 9.12. The summed E-state index contributed by atoms with van der Waals surface area (Å²) in [5, 5.41) is 10.4. The summed E-state index contributed by atoms with van der Waals surface area (Å²) < 4.78 is 9.37. The van der Waals surface area contributed by atoms with E-state index in [9.17, 15) is 14.9 Å². The lowest BCUT2D eigenvalue weighted by atomic mass is 10.3. The highest BCUT2D eigenvalue weighted by atomic mass is 16.7. The second kappa shape index (κ2) is 6.12. The van der Waals surface area contributed by atoms with Gasteiger partial charge in [0.25, 0.3) is 5.69 Å². The van der Waals surface area contributed by atoms with Crippen molar-refractivity contribution in [1.82, 2.24) is 0 Å². The molecule has 0 aliphatic carbocycles. The minimum absolute atomic E-state index is 0.0717. The van der Waals surface area contributed by atoms with Crippen LogP contribution in [0.4, 0.5) is 10.5 Å². The van der Waals surface area contributed by atoms with Crippen LogP contribution in [-0.2, 0) is 4.74 Å². The van der Waals surface area contributed by atoms with E-state index in [1.807, 2.05) is 0 Å². The van der Waals surface area contributed by atoms with Gasteiger partial charge < -0.3 is 9.47 Å². The summed E-state index contributed by atoms with van der Waals surface area (Å²) in [6.07, 6.45) is 4.37. The second-order valence-corrected chi connectivity index (χ2v) is 2.91. The summed E-state index contributed by atoms with van der Waals surface area (Å²) in [6.45, 7) is 0.0717. The van der Waals surface area contributed by atoms with Crippen LogP contribution in [0.5, 0.6) is 5.75 Å². The molecule has 0 amide bonds. The van der Waals surface area contributed by atoms with Gasteiger partial charge in [-0.3, -0.25) is 10.1 Å². The van der Waals surface area contributed by atoms with Crippen molar-refractivity contribution < 1.29 is 19.2 Å². The molecule has 0 spiro atoms. The first-order valence-electron chi connectivity index (χ1n) is 4.66. The minimum Gasteiger partial charge on any atom is -0.433 e. The molecule has 1 aromatic rings. The Morgan fingerprint density at radius 2 is 2.06 bits per heavy atom. The average molecular weight is 235 g/mol. The van der Waals surface area contributed by atoms with E-state index in [4.69, 9.17) is 11.2 Å². The highest BCUT2D eigenvalue weighted by Gasteiger charge is 2.08. The maximum Gasteiger partial charge on any atom is 0.513 e. The maximum atomic E-state index is 11.1. The first-order chi connectivity index (χ1) is 8.13. The summed E-state index contributed by atoms with van der Waals surface area (Å²) in [5.41, 5.74) is -0.0851. The Bertz CT molecular complexity index is 446. The van der Waals surface area contributed by atoms with E-state index in [2.05, 4.69) is 10.7 Å². The first-order valence-corrected chi connectivity index (χ1v) is 4.66. The van der Waals surface area contributed by atoms with Crippen molar-refractivity contribution in [2.24, 2.45) is 0 Å². The lowest BCUT2D eigenvalue weighted by molar-refractivity contribution is -0.384. The molecule has 0 saturated carbocycles. The van der Waals surface area contributed by atoms with E-state index in [0.29, 0.717) is 6.42 Å². The fourth-order valence-corrected chi connectivity index (χ4v) is 0.955. The van der Waals surface area contributed by atoms with Gasteiger partial charge in [-0.25, -0.2) is 4.79 Å². The summed E-state index contributed by atoms with van der Waals surface area (Å²) in [5.74, 6) is 2.47. The Morgan fingerprint density at radius 3 is 2.59 bits per heavy atom. The van der Waals surface area contributed by atoms with Crippen molar-refractivity contribution in [3.63, 3.8) is 0 Å². The number of non-ortho nitro benzene ring substituents is 1. The second-order valence-electron chi connectivity index (χ2n) is 2.91. The van der Waals surface area contributed by atoms with Crippen LogP contribution in [0, 0.1) is 22.5 Å². The van der Waals surface area contributed by atoms with E-state index >= 15 is 0 Å². The van der Waals surface area contributed by atoms with Gasteiger partial charge >= 0.3 is 6.16 Å². The third kappa shape index (κ3) is 4.22. The monoisotopic (exact) mass is 235 g/mol.